The molecule has 0 atom stereocenters. The Morgan fingerprint density at radius 1 is 0.458 bits per heavy atom. The molecule has 0 saturated heterocycles. The molecular formula is C46H35NS. The molecule has 0 saturated carbocycles. The van der Waals surface area contributed by atoms with E-state index in [-0.39, 0.29) is 10.8 Å². The van der Waals surface area contributed by atoms with Gasteiger partial charge >= 0.3 is 0 Å². The van der Waals surface area contributed by atoms with Gasteiger partial charge in [-0.2, -0.15) is 0 Å². The average Bonchev–Trinajstić information content (AvgIpc) is 3.69. The van der Waals surface area contributed by atoms with Crippen LogP contribution in [0.2, 0.25) is 0 Å². The van der Waals surface area contributed by atoms with Gasteiger partial charge < -0.3 is 4.90 Å². The van der Waals surface area contributed by atoms with Crippen molar-refractivity contribution in [3.8, 4) is 22.3 Å². The van der Waals surface area contributed by atoms with Gasteiger partial charge in [-0.1, -0.05) is 131 Å². The van der Waals surface area contributed by atoms with Crippen LogP contribution in [0.25, 0.3) is 53.2 Å². The summed E-state index contributed by atoms with van der Waals surface area (Å²) in [5.41, 5.74) is 14.4. The van der Waals surface area contributed by atoms with Crippen LogP contribution in [-0.4, -0.2) is 0 Å². The van der Waals surface area contributed by atoms with Gasteiger partial charge in [0.1, 0.15) is 0 Å². The Morgan fingerprint density at radius 2 is 0.958 bits per heavy atom. The number of hydrogen-bond acceptors (Lipinski definition) is 2. The van der Waals surface area contributed by atoms with Gasteiger partial charge in [0.25, 0.3) is 0 Å². The number of rotatable bonds is 3. The van der Waals surface area contributed by atoms with Crippen LogP contribution < -0.4 is 4.90 Å². The summed E-state index contributed by atoms with van der Waals surface area (Å²) in [4.78, 5) is 2.53. The lowest BCUT2D eigenvalue weighted by atomic mass is 9.82. The van der Waals surface area contributed by atoms with E-state index >= 15 is 0 Å². The highest BCUT2D eigenvalue weighted by atomic mass is 32.1. The summed E-state index contributed by atoms with van der Waals surface area (Å²) < 4.78 is 2.64. The van der Waals surface area contributed by atoms with E-state index in [0.29, 0.717) is 0 Å². The minimum absolute atomic E-state index is 0.0418. The summed E-state index contributed by atoms with van der Waals surface area (Å²) in [7, 11) is 0. The Balaban J connectivity index is 1.30. The lowest BCUT2D eigenvalue weighted by Crippen LogP contribution is -2.16. The highest BCUT2D eigenvalue weighted by molar-refractivity contribution is 7.26. The molecule has 0 radical (unpaired) electrons. The first kappa shape index (κ1) is 27.9. The minimum atomic E-state index is -0.0418. The molecule has 0 amide bonds. The van der Waals surface area contributed by atoms with Gasteiger partial charge in [0.15, 0.2) is 0 Å². The third kappa shape index (κ3) is 3.67. The Morgan fingerprint density at radius 3 is 1.58 bits per heavy atom. The zero-order valence-corrected chi connectivity index (χ0v) is 28.5. The molecule has 2 heteroatoms. The zero-order chi connectivity index (χ0) is 32.4. The highest BCUT2D eigenvalue weighted by Crippen LogP contribution is 2.54. The minimum Gasteiger partial charge on any atom is -0.309 e. The maximum Gasteiger partial charge on any atom is 0.0646 e. The number of benzene rings is 7. The normalized spacial score (nSPS) is 15.0. The van der Waals surface area contributed by atoms with Gasteiger partial charge in [-0.3, -0.25) is 0 Å². The van der Waals surface area contributed by atoms with Crippen LogP contribution in [0.5, 0.6) is 0 Å². The van der Waals surface area contributed by atoms with Crippen molar-refractivity contribution in [1.29, 1.82) is 0 Å². The van der Waals surface area contributed by atoms with Crippen molar-refractivity contribution < 1.29 is 0 Å². The summed E-state index contributed by atoms with van der Waals surface area (Å²) in [6.07, 6.45) is 0. The average molecular weight is 634 g/mol. The summed E-state index contributed by atoms with van der Waals surface area (Å²) in [5, 5.41) is 5.23. The number of nitrogens with zero attached hydrogens (tertiary/aromatic N) is 1. The van der Waals surface area contributed by atoms with Crippen molar-refractivity contribution in [3.05, 3.63) is 162 Å². The fourth-order valence-corrected chi connectivity index (χ4v) is 10.1. The van der Waals surface area contributed by atoms with E-state index in [1.54, 1.807) is 0 Å². The van der Waals surface area contributed by atoms with Gasteiger partial charge in [-0.15, -0.1) is 11.3 Å². The smallest absolute Gasteiger partial charge is 0.0646 e. The van der Waals surface area contributed by atoms with Crippen molar-refractivity contribution in [2.24, 2.45) is 0 Å². The van der Waals surface area contributed by atoms with Crippen LogP contribution in [-0.2, 0) is 10.8 Å². The van der Waals surface area contributed by atoms with Crippen LogP contribution in [0.4, 0.5) is 17.1 Å². The molecule has 0 bridgehead atoms. The summed E-state index contributed by atoms with van der Waals surface area (Å²) >= 11 is 1.91. The van der Waals surface area contributed by atoms with Crippen molar-refractivity contribution in [1.82, 2.24) is 0 Å². The molecule has 0 N–H and O–H groups in total. The molecule has 48 heavy (non-hydrogen) atoms. The molecule has 0 unspecified atom stereocenters. The SMILES string of the molecule is CC1(C)c2ccccc2-c2cc(N(c3ccc4c(c3)-c3ccccc3C4(C)C)c3cc4ccccc4c4c3sc3ccccc34)ccc21. The third-order valence-corrected chi connectivity index (χ3v) is 12.4. The first-order valence-corrected chi connectivity index (χ1v) is 17.8. The second-order valence-corrected chi connectivity index (χ2v) is 15.6. The van der Waals surface area contributed by atoms with E-state index in [1.807, 2.05) is 11.3 Å². The molecule has 2 aliphatic rings. The molecule has 230 valence electrons. The van der Waals surface area contributed by atoms with Crippen LogP contribution in [0, 0.1) is 0 Å². The Kier molecular flexibility index (Phi) is 5.63. The molecule has 8 aromatic rings. The Labute approximate surface area is 285 Å². The molecule has 0 aliphatic heterocycles. The fraction of sp³-hybridized carbons (Fsp3) is 0.130. The predicted octanol–water partition coefficient (Wildman–Crippen LogP) is 13.3. The van der Waals surface area contributed by atoms with Gasteiger partial charge in [-0.05, 0) is 91.7 Å². The highest BCUT2D eigenvalue weighted by Gasteiger charge is 2.37. The molecule has 1 heterocycles. The van der Waals surface area contributed by atoms with Gasteiger partial charge in [-0.25, -0.2) is 0 Å². The van der Waals surface area contributed by atoms with E-state index in [1.165, 1.54) is 92.5 Å². The summed E-state index contributed by atoms with van der Waals surface area (Å²) in [6.45, 7) is 9.44. The van der Waals surface area contributed by atoms with E-state index < -0.39 is 0 Å². The number of fused-ring (bicyclic) bond motifs is 11. The van der Waals surface area contributed by atoms with Crippen LogP contribution in [0.15, 0.2) is 140 Å². The molecule has 2 aliphatic carbocycles. The molecule has 0 fully saturated rings. The van der Waals surface area contributed by atoms with Crippen molar-refractivity contribution in [2.75, 3.05) is 4.90 Å². The van der Waals surface area contributed by atoms with Crippen LogP contribution >= 0.6 is 11.3 Å². The van der Waals surface area contributed by atoms with Crippen molar-refractivity contribution >= 4 is 59.3 Å². The van der Waals surface area contributed by atoms with Crippen LogP contribution in [0.1, 0.15) is 49.9 Å². The van der Waals surface area contributed by atoms with E-state index in [0.717, 1.165) is 0 Å². The van der Waals surface area contributed by atoms with Gasteiger partial charge in [0.05, 0.1) is 10.4 Å². The molecule has 10 rings (SSSR count). The largest absolute Gasteiger partial charge is 0.309 e. The summed E-state index contributed by atoms with van der Waals surface area (Å²) in [6, 6.07) is 52.5. The maximum atomic E-state index is 2.53. The van der Waals surface area contributed by atoms with Gasteiger partial charge in [0.2, 0.25) is 0 Å². The first-order chi connectivity index (χ1) is 23.3. The maximum absolute atomic E-state index is 2.53. The Bertz CT molecular complexity index is 2530. The van der Waals surface area contributed by atoms with Crippen LogP contribution in [0.3, 0.4) is 0 Å². The topological polar surface area (TPSA) is 3.24 Å². The molecular weight excluding hydrogens is 599 g/mol. The quantitative estimate of drug-likeness (QED) is 0.187. The molecule has 7 aromatic carbocycles. The Hall–Kier alpha value is -5.18. The van der Waals surface area contributed by atoms with E-state index in [4.69, 9.17) is 0 Å². The van der Waals surface area contributed by atoms with Crippen molar-refractivity contribution in [2.45, 2.75) is 38.5 Å². The van der Waals surface area contributed by atoms with E-state index in [9.17, 15) is 0 Å². The molecule has 0 spiro atoms. The number of anilines is 3. The molecule has 1 aromatic heterocycles. The zero-order valence-electron chi connectivity index (χ0n) is 27.6. The second kappa shape index (κ2) is 9.69. The standard InChI is InChI=1S/C46H35NS/c1-45(2)37-18-10-7-15-32(37)35-26-29(21-23-39(35)45)47(30-22-24-40-36(27-30)33-16-8-11-19-38(33)46(40,3)4)41-25-28-13-5-6-14-31(28)43-34-17-9-12-20-42(34)48-44(41)43/h5-27H,1-4H3. The number of thiophene rings is 1. The first-order valence-electron chi connectivity index (χ1n) is 16.9. The predicted molar refractivity (Wildman–Crippen MR) is 207 cm³/mol. The fourth-order valence-electron chi connectivity index (χ4n) is 8.84. The van der Waals surface area contributed by atoms with Gasteiger partial charge in [0, 0.05) is 37.7 Å². The van der Waals surface area contributed by atoms with E-state index in [2.05, 4.69) is 172 Å². The third-order valence-electron chi connectivity index (χ3n) is 11.2. The lowest BCUT2D eigenvalue weighted by molar-refractivity contribution is 0.660. The monoisotopic (exact) mass is 633 g/mol. The second-order valence-electron chi connectivity index (χ2n) is 14.6. The van der Waals surface area contributed by atoms with Crippen molar-refractivity contribution in [3.63, 3.8) is 0 Å². The molecule has 1 nitrogen and oxygen atoms in total. The number of hydrogen-bond donors (Lipinski definition) is 0. The lowest BCUT2D eigenvalue weighted by Gasteiger charge is -2.29. The summed E-state index contributed by atoms with van der Waals surface area (Å²) in [5.74, 6) is 0.